The largest absolute Gasteiger partial charge is 0.500 e. The zero-order chi connectivity index (χ0) is 24.1. The summed E-state index contributed by atoms with van der Waals surface area (Å²) >= 11 is 0. The number of nitrogens with zero attached hydrogens (tertiary/aromatic N) is 2. The second-order valence-electron chi connectivity index (χ2n) is 7.23. The number of phenols is 1. The third-order valence-electron chi connectivity index (χ3n) is 5.10. The summed E-state index contributed by atoms with van der Waals surface area (Å²) in [6, 6.07) is 17.2. The second kappa shape index (κ2) is 11.0. The summed E-state index contributed by atoms with van der Waals surface area (Å²) in [6.45, 7) is 0.241. The molecule has 1 unspecified atom stereocenters. The number of nitrogens with one attached hydrogen (secondary N) is 1. The fraction of sp³-hybridized carbons (Fsp3) is 0.130. The smallest absolute Gasteiger partial charge is 0.315 e. The molecule has 0 radical (unpaired) electrons. The highest BCUT2D eigenvalue weighted by molar-refractivity contribution is 5.95. The summed E-state index contributed by atoms with van der Waals surface area (Å²) < 4.78 is 5.09. The van der Waals surface area contributed by atoms with Crippen molar-refractivity contribution < 1.29 is 19.6 Å². The fourth-order valence-corrected chi connectivity index (χ4v) is 3.51. The van der Waals surface area contributed by atoms with Crippen molar-refractivity contribution in [2.45, 2.75) is 12.6 Å². The minimum Gasteiger partial charge on any atom is -0.500 e. The number of halogens is 1. The van der Waals surface area contributed by atoms with Crippen molar-refractivity contribution in [2.75, 3.05) is 12.0 Å². The van der Waals surface area contributed by atoms with Crippen molar-refractivity contribution in [2.24, 2.45) is 11.5 Å². The zero-order valence-electron chi connectivity index (χ0n) is 18.2. The van der Waals surface area contributed by atoms with E-state index in [1.54, 1.807) is 29.2 Å². The maximum atomic E-state index is 12.7. The normalized spacial score (nSPS) is 11.1. The molecule has 0 aromatic heterocycles. The molecule has 0 spiro atoms. The van der Waals surface area contributed by atoms with Crippen molar-refractivity contribution in [3.05, 3.63) is 93.5 Å². The Bertz CT molecular complexity index is 1190. The first-order valence-corrected chi connectivity index (χ1v) is 9.82. The summed E-state index contributed by atoms with van der Waals surface area (Å²) in [5.41, 5.74) is 12.8. The summed E-state index contributed by atoms with van der Waals surface area (Å²) in [5.74, 6) is -1.67. The van der Waals surface area contributed by atoms with Crippen molar-refractivity contribution >= 4 is 35.5 Å². The average molecular weight is 486 g/mol. The van der Waals surface area contributed by atoms with Crippen molar-refractivity contribution in [1.29, 1.82) is 5.41 Å². The first-order valence-electron chi connectivity index (χ1n) is 9.82. The Morgan fingerprint density at radius 2 is 1.76 bits per heavy atom. The summed E-state index contributed by atoms with van der Waals surface area (Å²) in [4.78, 5) is 25.1. The van der Waals surface area contributed by atoms with E-state index < -0.39 is 28.3 Å². The lowest BCUT2D eigenvalue weighted by Gasteiger charge is -2.32. The van der Waals surface area contributed by atoms with Crippen LogP contribution in [-0.2, 0) is 11.3 Å². The summed E-state index contributed by atoms with van der Waals surface area (Å²) in [7, 11) is 1.25. The number of nitrogens with two attached hydrogens (primary N) is 2. The Kier molecular flexibility index (Phi) is 8.41. The number of hydrogen-bond donors (Lipinski definition) is 4. The molecule has 10 nitrogen and oxygen atoms in total. The lowest BCUT2D eigenvalue weighted by molar-refractivity contribution is -0.386. The molecule has 0 saturated carbocycles. The van der Waals surface area contributed by atoms with E-state index in [0.717, 1.165) is 11.6 Å². The number of carbonyl (C=O) groups is 1. The molecular weight excluding hydrogens is 462 g/mol. The number of nitrogen functional groups attached to an aromatic ring is 1. The van der Waals surface area contributed by atoms with Crippen LogP contribution in [0.25, 0.3) is 0 Å². The molecule has 0 fully saturated rings. The Morgan fingerprint density at radius 1 is 1.15 bits per heavy atom. The van der Waals surface area contributed by atoms with Crippen LogP contribution < -0.4 is 21.1 Å². The van der Waals surface area contributed by atoms with Gasteiger partial charge in [-0.05, 0) is 41.5 Å². The fourth-order valence-electron chi connectivity index (χ4n) is 3.51. The Morgan fingerprint density at radius 3 is 2.26 bits per heavy atom. The number of primary amides is 1. The number of aromatic hydroxyl groups is 1. The number of methoxy groups -OCH3 is 1. The zero-order valence-corrected chi connectivity index (χ0v) is 19.0. The Hall–Kier alpha value is -4.31. The average Bonchev–Trinajstić information content (AvgIpc) is 2.79. The van der Waals surface area contributed by atoms with Gasteiger partial charge in [0.05, 0.1) is 12.0 Å². The standard InChI is InChI=1S/C23H23N5O5.ClH/c1-33-19-12-16(11-18(21(19)29)28(31)32)20(23(26)30)27(13-14-5-3-2-4-6-14)17-9-7-15(8-10-17)22(24)25;/h2-12,20,29H,13H2,1H3,(H3,24,25)(H2,26,30);1H. The number of hydrogen-bond acceptors (Lipinski definition) is 7. The van der Waals surface area contributed by atoms with Gasteiger partial charge >= 0.3 is 5.69 Å². The minimum atomic E-state index is -1.14. The number of amides is 1. The van der Waals surface area contributed by atoms with E-state index in [1.165, 1.54) is 13.2 Å². The van der Waals surface area contributed by atoms with Gasteiger partial charge < -0.3 is 26.2 Å². The van der Waals surface area contributed by atoms with Gasteiger partial charge in [0.1, 0.15) is 11.9 Å². The van der Waals surface area contributed by atoms with Gasteiger partial charge in [0, 0.05) is 23.9 Å². The van der Waals surface area contributed by atoms with Gasteiger partial charge in [-0.3, -0.25) is 20.3 Å². The third-order valence-corrected chi connectivity index (χ3v) is 5.10. The number of anilines is 1. The van der Waals surface area contributed by atoms with Crippen molar-refractivity contribution in [1.82, 2.24) is 0 Å². The van der Waals surface area contributed by atoms with Crippen molar-refractivity contribution in [3.8, 4) is 11.5 Å². The topological polar surface area (TPSA) is 169 Å². The SMILES string of the molecule is COc1cc(C(C(N)=O)N(Cc2ccccc2)c2ccc(C(=N)N)cc2)cc([N+](=O)[O-])c1O.Cl. The van der Waals surface area contributed by atoms with Crippen LogP contribution in [0.2, 0.25) is 0 Å². The first kappa shape index (κ1) is 25.9. The molecule has 1 amide bonds. The second-order valence-corrected chi connectivity index (χ2v) is 7.23. The lowest BCUT2D eigenvalue weighted by Crippen LogP contribution is -2.37. The van der Waals surface area contributed by atoms with Gasteiger partial charge in [-0.2, -0.15) is 0 Å². The molecule has 11 heteroatoms. The number of rotatable bonds is 9. The monoisotopic (exact) mass is 485 g/mol. The highest BCUT2D eigenvalue weighted by atomic mass is 35.5. The number of nitro groups is 1. The van der Waals surface area contributed by atoms with Gasteiger partial charge in [-0.25, -0.2) is 0 Å². The van der Waals surface area contributed by atoms with E-state index in [4.69, 9.17) is 21.6 Å². The van der Waals surface area contributed by atoms with Crippen LogP contribution in [-0.4, -0.2) is 28.9 Å². The first-order chi connectivity index (χ1) is 15.7. The quantitative estimate of drug-likeness (QED) is 0.156. The summed E-state index contributed by atoms with van der Waals surface area (Å²) in [6.07, 6.45) is 0. The van der Waals surface area contributed by atoms with Crippen LogP contribution >= 0.6 is 12.4 Å². The number of phenolic OH excluding ortho intramolecular Hbond substituents is 1. The number of nitro benzene ring substituents is 1. The minimum absolute atomic E-state index is 0. The predicted molar refractivity (Wildman–Crippen MR) is 131 cm³/mol. The molecule has 3 rings (SSSR count). The molecule has 0 aliphatic heterocycles. The molecule has 34 heavy (non-hydrogen) atoms. The van der Waals surface area contributed by atoms with Gasteiger partial charge in [-0.15, -0.1) is 12.4 Å². The van der Waals surface area contributed by atoms with Crippen LogP contribution in [0.1, 0.15) is 22.7 Å². The van der Waals surface area contributed by atoms with E-state index in [9.17, 15) is 20.0 Å². The molecule has 178 valence electrons. The molecule has 0 heterocycles. The number of amidine groups is 1. The number of benzene rings is 3. The summed E-state index contributed by atoms with van der Waals surface area (Å²) in [5, 5.41) is 29.2. The Balaban J connectivity index is 0.00000408. The van der Waals surface area contributed by atoms with E-state index >= 15 is 0 Å². The predicted octanol–water partition coefficient (Wildman–Crippen LogP) is 3.25. The lowest BCUT2D eigenvalue weighted by atomic mass is 10.0. The highest BCUT2D eigenvalue weighted by Gasteiger charge is 2.31. The number of carbonyl (C=O) groups excluding carboxylic acids is 1. The van der Waals surface area contributed by atoms with Crippen LogP contribution in [0.15, 0.2) is 66.7 Å². The van der Waals surface area contributed by atoms with Crippen LogP contribution in [0, 0.1) is 15.5 Å². The van der Waals surface area contributed by atoms with Gasteiger partial charge in [0.2, 0.25) is 11.7 Å². The molecule has 0 bridgehead atoms. The number of ether oxygens (including phenoxy) is 1. The van der Waals surface area contributed by atoms with Crippen LogP contribution in [0.3, 0.4) is 0 Å². The third kappa shape index (κ3) is 5.54. The van der Waals surface area contributed by atoms with Gasteiger partial charge in [-0.1, -0.05) is 30.3 Å². The molecule has 6 N–H and O–H groups in total. The maximum Gasteiger partial charge on any atom is 0.315 e. The molecule has 1 atom stereocenters. The molecular formula is C23H24ClN5O5. The van der Waals surface area contributed by atoms with Crippen molar-refractivity contribution in [3.63, 3.8) is 0 Å². The van der Waals surface area contributed by atoms with E-state index in [-0.39, 0.29) is 36.1 Å². The highest BCUT2D eigenvalue weighted by Crippen LogP contribution is 2.40. The van der Waals surface area contributed by atoms with Gasteiger partial charge in [0.25, 0.3) is 0 Å². The molecule has 0 aliphatic carbocycles. The van der Waals surface area contributed by atoms with Gasteiger partial charge in [0.15, 0.2) is 5.75 Å². The molecule has 3 aromatic rings. The maximum absolute atomic E-state index is 12.7. The van der Waals surface area contributed by atoms with E-state index in [2.05, 4.69) is 0 Å². The Labute approximate surface area is 201 Å². The van der Waals surface area contributed by atoms with E-state index in [0.29, 0.717) is 11.3 Å². The molecule has 3 aromatic carbocycles. The molecule has 0 aliphatic rings. The van der Waals surface area contributed by atoms with Crippen LogP contribution in [0.5, 0.6) is 11.5 Å². The van der Waals surface area contributed by atoms with E-state index in [1.807, 2.05) is 30.3 Å². The molecule has 0 saturated heterocycles. The van der Waals surface area contributed by atoms with Crippen LogP contribution in [0.4, 0.5) is 11.4 Å².